The number of ether oxygens (including phenoxy) is 1. The molecular weight excluding hydrogens is 385 g/mol. The first kappa shape index (κ1) is 21.5. The highest BCUT2D eigenvalue weighted by Gasteiger charge is 2.58. The van der Waals surface area contributed by atoms with Crippen LogP contribution in [-0.4, -0.2) is 43.1 Å². The highest BCUT2D eigenvalue weighted by atomic mass is 19.4. The summed E-state index contributed by atoms with van der Waals surface area (Å²) in [6.45, 7) is 5.31. The lowest BCUT2D eigenvalue weighted by Gasteiger charge is -2.34. The van der Waals surface area contributed by atoms with Gasteiger partial charge in [0.1, 0.15) is 0 Å². The van der Waals surface area contributed by atoms with E-state index in [1.165, 1.54) is 0 Å². The molecule has 0 bridgehead atoms. The van der Waals surface area contributed by atoms with Crippen LogP contribution >= 0.6 is 0 Å². The number of rotatable bonds is 6. The zero-order valence-electron chi connectivity index (χ0n) is 16.7. The zero-order chi connectivity index (χ0) is 21.2. The van der Waals surface area contributed by atoms with Crippen molar-refractivity contribution >= 4 is 12.0 Å². The molecule has 1 saturated heterocycles. The van der Waals surface area contributed by atoms with Gasteiger partial charge in [-0.3, -0.25) is 4.79 Å². The minimum atomic E-state index is -4.33. The van der Waals surface area contributed by atoms with Gasteiger partial charge in [0.15, 0.2) is 0 Å². The Morgan fingerprint density at radius 3 is 2.52 bits per heavy atom. The molecule has 0 radical (unpaired) electrons. The summed E-state index contributed by atoms with van der Waals surface area (Å²) >= 11 is 0. The number of benzene rings is 1. The van der Waals surface area contributed by atoms with E-state index < -0.39 is 17.8 Å². The molecule has 0 aromatic heterocycles. The maximum Gasteiger partial charge on any atom is 0.416 e. The van der Waals surface area contributed by atoms with Crippen LogP contribution in [0.5, 0.6) is 0 Å². The maximum absolute atomic E-state index is 12.9. The van der Waals surface area contributed by atoms with Crippen molar-refractivity contribution in [3.05, 3.63) is 35.4 Å². The zero-order valence-corrected chi connectivity index (χ0v) is 16.7. The Bertz CT molecular complexity index is 751. The predicted molar refractivity (Wildman–Crippen MR) is 101 cm³/mol. The first-order valence-corrected chi connectivity index (χ1v) is 10.1. The van der Waals surface area contributed by atoms with Crippen LogP contribution in [0.2, 0.25) is 0 Å². The van der Waals surface area contributed by atoms with E-state index in [0.29, 0.717) is 19.5 Å². The molecule has 0 spiro atoms. The fourth-order valence-electron chi connectivity index (χ4n) is 4.36. The number of piperidine rings is 1. The predicted octanol–water partition coefficient (Wildman–Crippen LogP) is 3.97. The van der Waals surface area contributed by atoms with Crippen molar-refractivity contribution in [2.45, 2.75) is 44.7 Å². The molecular formula is C21H27F3N2O3. The van der Waals surface area contributed by atoms with Crippen LogP contribution in [0.1, 0.15) is 44.2 Å². The van der Waals surface area contributed by atoms with Crippen LogP contribution in [0.25, 0.3) is 0 Å². The molecule has 2 unspecified atom stereocenters. The molecule has 3 rings (SSSR count). The van der Waals surface area contributed by atoms with E-state index in [1.807, 2.05) is 11.8 Å². The van der Waals surface area contributed by atoms with E-state index in [9.17, 15) is 22.8 Å². The molecule has 1 aromatic rings. The second-order valence-electron chi connectivity index (χ2n) is 7.87. The van der Waals surface area contributed by atoms with E-state index in [4.69, 9.17) is 4.74 Å². The van der Waals surface area contributed by atoms with Gasteiger partial charge in [0, 0.05) is 25.0 Å². The molecule has 2 amide bonds. The average Bonchev–Trinajstić information content (AvgIpc) is 3.43. The minimum Gasteiger partial charge on any atom is -0.450 e. The number of nitrogens with zero attached hydrogens (tertiary/aromatic N) is 1. The first-order chi connectivity index (χ1) is 13.7. The topological polar surface area (TPSA) is 58.6 Å². The third kappa shape index (κ3) is 4.51. The molecule has 8 heteroatoms. The smallest absolute Gasteiger partial charge is 0.416 e. The van der Waals surface area contributed by atoms with Crippen molar-refractivity contribution in [3.8, 4) is 0 Å². The van der Waals surface area contributed by atoms with E-state index in [0.717, 1.165) is 30.5 Å². The molecule has 29 heavy (non-hydrogen) atoms. The number of alkyl carbamates (subject to hydrolysis) is 1. The molecule has 5 nitrogen and oxygen atoms in total. The lowest BCUT2D eigenvalue weighted by atomic mass is 9.86. The molecule has 160 valence electrons. The van der Waals surface area contributed by atoms with Crippen molar-refractivity contribution in [3.63, 3.8) is 0 Å². The Kier molecular flexibility index (Phi) is 6.10. The van der Waals surface area contributed by atoms with Crippen molar-refractivity contribution in [1.29, 1.82) is 0 Å². The van der Waals surface area contributed by atoms with Gasteiger partial charge in [-0.1, -0.05) is 19.1 Å². The summed E-state index contributed by atoms with van der Waals surface area (Å²) in [5.74, 6) is -0.0265. The Labute approximate surface area is 168 Å². The van der Waals surface area contributed by atoms with E-state index in [1.54, 1.807) is 19.1 Å². The molecule has 2 fully saturated rings. The van der Waals surface area contributed by atoms with Crippen LogP contribution in [0, 0.1) is 11.8 Å². The number of nitrogens with one attached hydrogen (secondary N) is 1. The molecule has 3 atom stereocenters. The van der Waals surface area contributed by atoms with Gasteiger partial charge in [-0.2, -0.15) is 13.2 Å². The molecule has 1 aliphatic heterocycles. The number of hydrogen-bond donors (Lipinski definition) is 1. The van der Waals surface area contributed by atoms with Gasteiger partial charge < -0.3 is 15.0 Å². The van der Waals surface area contributed by atoms with Crippen LogP contribution in [0.3, 0.4) is 0 Å². The van der Waals surface area contributed by atoms with Gasteiger partial charge in [0.2, 0.25) is 5.91 Å². The van der Waals surface area contributed by atoms with E-state index >= 15 is 0 Å². The summed E-state index contributed by atoms with van der Waals surface area (Å²) in [7, 11) is 0. The molecule has 1 saturated carbocycles. The molecule has 1 heterocycles. The largest absolute Gasteiger partial charge is 0.450 e. The highest BCUT2D eigenvalue weighted by Crippen LogP contribution is 2.59. The quantitative estimate of drug-likeness (QED) is 0.769. The van der Waals surface area contributed by atoms with Gasteiger partial charge in [0.25, 0.3) is 0 Å². The number of likely N-dealkylation sites (tertiary alicyclic amines) is 1. The Morgan fingerprint density at radius 2 is 1.97 bits per heavy atom. The lowest BCUT2D eigenvalue weighted by Crippen LogP contribution is -2.46. The summed E-state index contributed by atoms with van der Waals surface area (Å²) in [5, 5.41) is 2.63. The van der Waals surface area contributed by atoms with Crippen molar-refractivity contribution in [2.24, 2.45) is 11.8 Å². The monoisotopic (exact) mass is 412 g/mol. The SMILES string of the molecule is CCOC(=O)NC[C@@H](CC)C(=O)N1CCC2(c3ccc(C(F)(F)F)cc3)CC2C1. The standard InChI is InChI=1S/C21H27F3N2O3/c1-3-14(12-25-19(28)29-4-2)18(27)26-10-9-20(11-17(20)13-26)15-5-7-16(8-6-15)21(22,23)24/h5-8,14,17H,3-4,9-13H2,1-2H3,(H,25,28)/t14-,17?,20?/m1/s1. The van der Waals surface area contributed by atoms with Crippen LogP contribution in [0.15, 0.2) is 24.3 Å². The minimum absolute atomic E-state index is 0.0113. The summed E-state index contributed by atoms with van der Waals surface area (Å²) in [6, 6.07) is 5.45. The Morgan fingerprint density at radius 1 is 1.28 bits per heavy atom. The second-order valence-corrected chi connectivity index (χ2v) is 7.87. The third-order valence-corrected chi connectivity index (χ3v) is 6.21. The third-order valence-electron chi connectivity index (χ3n) is 6.21. The number of carbonyl (C=O) groups excluding carboxylic acids is 2. The molecule has 1 aromatic carbocycles. The number of carbonyl (C=O) groups is 2. The van der Waals surface area contributed by atoms with Crippen LogP contribution in [-0.2, 0) is 21.1 Å². The van der Waals surface area contributed by atoms with Gasteiger partial charge in [-0.25, -0.2) is 4.79 Å². The summed E-state index contributed by atoms with van der Waals surface area (Å²) in [4.78, 5) is 26.2. The summed E-state index contributed by atoms with van der Waals surface area (Å²) < 4.78 is 43.2. The molecule has 1 aliphatic carbocycles. The van der Waals surface area contributed by atoms with E-state index in [-0.39, 0.29) is 36.3 Å². The van der Waals surface area contributed by atoms with Gasteiger partial charge in [0.05, 0.1) is 18.1 Å². The fraction of sp³-hybridized carbons (Fsp3) is 0.619. The number of halogens is 3. The van der Waals surface area contributed by atoms with Gasteiger partial charge in [-0.05, 0) is 49.8 Å². The average molecular weight is 412 g/mol. The Balaban J connectivity index is 1.58. The number of hydrogen-bond acceptors (Lipinski definition) is 3. The van der Waals surface area contributed by atoms with Gasteiger partial charge >= 0.3 is 12.3 Å². The number of alkyl halides is 3. The molecule has 1 N–H and O–H groups in total. The number of amides is 2. The summed E-state index contributed by atoms with van der Waals surface area (Å²) in [5.41, 5.74) is 0.187. The van der Waals surface area contributed by atoms with Crippen LogP contribution < -0.4 is 5.32 Å². The lowest BCUT2D eigenvalue weighted by molar-refractivity contribution is -0.138. The van der Waals surface area contributed by atoms with E-state index in [2.05, 4.69) is 5.32 Å². The van der Waals surface area contributed by atoms with Crippen molar-refractivity contribution in [2.75, 3.05) is 26.2 Å². The Hall–Kier alpha value is -2.25. The van der Waals surface area contributed by atoms with Crippen LogP contribution in [0.4, 0.5) is 18.0 Å². The fourth-order valence-corrected chi connectivity index (χ4v) is 4.36. The molecule has 2 aliphatic rings. The van der Waals surface area contributed by atoms with Crippen molar-refractivity contribution < 1.29 is 27.5 Å². The second kappa shape index (κ2) is 8.24. The normalized spacial score (nSPS) is 24.4. The summed E-state index contributed by atoms with van der Waals surface area (Å²) in [6.07, 6.45) is -2.62. The maximum atomic E-state index is 12.9. The van der Waals surface area contributed by atoms with Gasteiger partial charge in [-0.15, -0.1) is 0 Å². The highest BCUT2D eigenvalue weighted by molar-refractivity contribution is 5.80. The number of fused-ring (bicyclic) bond motifs is 1. The first-order valence-electron chi connectivity index (χ1n) is 10.1. The van der Waals surface area contributed by atoms with Crippen molar-refractivity contribution in [1.82, 2.24) is 10.2 Å².